The fourth-order valence-electron chi connectivity index (χ4n) is 1.17. The predicted octanol–water partition coefficient (Wildman–Crippen LogP) is 1.71. The quantitative estimate of drug-likeness (QED) is 0.586. The number of rotatable bonds is 0. The second-order valence-electron chi connectivity index (χ2n) is 3.01. The first-order chi connectivity index (χ1) is 7.36. The Morgan fingerprint density at radius 1 is 0.933 bits per heavy atom. The van der Waals surface area contributed by atoms with Gasteiger partial charge in [-0.25, -0.2) is 4.57 Å². The van der Waals surface area contributed by atoms with E-state index in [0.29, 0.717) is 0 Å². The van der Waals surface area contributed by atoms with Gasteiger partial charge in [0.2, 0.25) is 0 Å². The van der Waals surface area contributed by atoms with Crippen LogP contribution in [0, 0.1) is 12.0 Å². The molecule has 72 valence electrons. The van der Waals surface area contributed by atoms with Gasteiger partial charge in [0.25, 0.3) is 5.56 Å². The maximum atomic E-state index is 11.3. The van der Waals surface area contributed by atoms with Crippen molar-refractivity contribution >= 4 is 0 Å². The Morgan fingerprint density at radius 3 is 2.40 bits per heavy atom. The largest absolute Gasteiger partial charge is 0.268 e. The van der Waals surface area contributed by atoms with Crippen LogP contribution < -0.4 is 5.56 Å². The third-order valence-corrected chi connectivity index (χ3v) is 1.92. The molecule has 2 nitrogen and oxygen atoms in total. The van der Waals surface area contributed by atoms with E-state index in [1.165, 1.54) is 10.6 Å². The summed E-state index contributed by atoms with van der Waals surface area (Å²) in [5.41, 5.74) is 0.786. The molecular weight excluding hydrogens is 186 g/mol. The van der Waals surface area contributed by atoms with E-state index in [1.54, 1.807) is 18.3 Å². The van der Waals surface area contributed by atoms with E-state index in [2.05, 4.69) is 12.0 Å². The third-order valence-electron chi connectivity index (χ3n) is 1.92. The third kappa shape index (κ3) is 2.35. The molecule has 0 amide bonds. The lowest BCUT2D eigenvalue weighted by molar-refractivity contribution is 1.04. The fourth-order valence-corrected chi connectivity index (χ4v) is 1.17. The van der Waals surface area contributed by atoms with Gasteiger partial charge in [-0.2, -0.15) is 0 Å². The lowest BCUT2D eigenvalue weighted by Crippen LogP contribution is -2.13. The number of hydrogen-bond acceptors (Lipinski definition) is 1. The van der Waals surface area contributed by atoms with Crippen molar-refractivity contribution in [1.82, 2.24) is 4.57 Å². The Hall–Kier alpha value is -2.27. The van der Waals surface area contributed by atoms with Crippen molar-refractivity contribution in [1.29, 1.82) is 0 Å². The van der Waals surface area contributed by atoms with Crippen LogP contribution in [0.15, 0.2) is 59.5 Å². The average molecular weight is 195 g/mol. The van der Waals surface area contributed by atoms with Crippen molar-refractivity contribution in [3.05, 3.63) is 70.6 Å². The van der Waals surface area contributed by atoms with Crippen LogP contribution in [-0.2, 0) is 0 Å². The summed E-state index contributed by atoms with van der Waals surface area (Å²) in [5, 5.41) is 0. The molecule has 2 rings (SSSR count). The lowest BCUT2D eigenvalue weighted by atomic mass is 10.2. The molecule has 0 bridgehead atoms. The number of hydrogen-bond donors (Lipinski definition) is 0. The van der Waals surface area contributed by atoms with Gasteiger partial charge in [-0.1, -0.05) is 24.3 Å². The molecular formula is C13H9NO. The van der Waals surface area contributed by atoms with Crippen LogP contribution in [0.4, 0.5) is 0 Å². The van der Waals surface area contributed by atoms with E-state index < -0.39 is 0 Å². The van der Waals surface area contributed by atoms with Gasteiger partial charge >= 0.3 is 0 Å². The van der Waals surface area contributed by atoms with Gasteiger partial charge in [0.15, 0.2) is 0 Å². The Bertz CT molecular complexity index is 558. The molecule has 0 aliphatic heterocycles. The second kappa shape index (κ2) is 4.30. The molecule has 0 aliphatic carbocycles. The van der Waals surface area contributed by atoms with Crippen LogP contribution in [-0.4, -0.2) is 4.57 Å². The molecule has 0 N–H and O–H groups in total. The zero-order valence-electron chi connectivity index (χ0n) is 8.05. The summed E-state index contributed by atoms with van der Waals surface area (Å²) in [6, 6.07) is 17.3. The summed E-state index contributed by atoms with van der Waals surface area (Å²) in [4.78, 5) is 11.3. The molecule has 1 heterocycles. The summed E-state index contributed by atoms with van der Waals surface area (Å²) in [7, 11) is 0. The molecule has 0 fully saturated rings. The average Bonchev–Trinajstić information content (AvgIpc) is 2.29. The molecule has 1 aromatic carbocycles. The highest BCUT2D eigenvalue weighted by molar-refractivity contribution is 5.33. The molecule has 2 heteroatoms. The molecule has 15 heavy (non-hydrogen) atoms. The van der Waals surface area contributed by atoms with Crippen LogP contribution in [0.1, 0.15) is 5.56 Å². The van der Waals surface area contributed by atoms with E-state index in [1.807, 2.05) is 30.3 Å². The topological polar surface area (TPSA) is 22.0 Å². The summed E-state index contributed by atoms with van der Waals surface area (Å²) in [6.07, 6.45) is 1.65. The second-order valence-corrected chi connectivity index (χ2v) is 3.01. The van der Waals surface area contributed by atoms with Crippen molar-refractivity contribution < 1.29 is 0 Å². The van der Waals surface area contributed by atoms with Crippen LogP contribution in [0.25, 0.3) is 0 Å². The number of benzene rings is 1. The predicted molar refractivity (Wildman–Crippen MR) is 59.4 cm³/mol. The van der Waals surface area contributed by atoms with E-state index in [-0.39, 0.29) is 5.56 Å². The van der Waals surface area contributed by atoms with Crippen LogP contribution in [0.5, 0.6) is 0 Å². The van der Waals surface area contributed by atoms with Gasteiger partial charge in [0, 0.05) is 23.9 Å². The maximum absolute atomic E-state index is 11.3. The standard InChI is InChI=1S/C13H9NO/c15-13-8-4-5-10-14(13)11-9-12-6-2-1-3-7-12/h1-8,10H. The summed E-state index contributed by atoms with van der Waals surface area (Å²) in [6.45, 7) is 0. The normalized spacial score (nSPS) is 9.07. The molecule has 0 unspecified atom stereocenters. The Balaban J connectivity index is 2.35. The highest BCUT2D eigenvalue weighted by atomic mass is 16.1. The van der Waals surface area contributed by atoms with Crippen molar-refractivity contribution in [3.8, 4) is 12.0 Å². The van der Waals surface area contributed by atoms with Gasteiger partial charge in [-0.15, -0.1) is 0 Å². The Labute approximate surface area is 87.8 Å². The van der Waals surface area contributed by atoms with Gasteiger partial charge in [-0.3, -0.25) is 4.79 Å². The first-order valence-corrected chi connectivity index (χ1v) is 4.61. The molecule has 0 radical (unpaired) electrons. The summed E-state index contributed by atoms with van der Waals surface area (Å²) >= 11 is 0. The van der Waals surface area contributed by atoms with Crippen molar-refractivity contribution in [2.24, 2.45) is 0 Å². The monoisotopic (exact) mass is 195 g/mol. The minimum atomic E-state index is -0.110. The van der Waals surface area contributed by atoms with E-state index in [0.717, 1.165) is 5.56 Å². The minimum Gasteiger partial charge on any atom is -0.268 e. The van der Waals surface area contributed by atoms with Crippen LogP contribution in [0.2, 0.25) is 0 Å². The zero-order valence-corrected chi connectivity index (χ0v) is 8.05. The highest BCUT2D eigenvalue weighted by Gasteiger charge is 1.86. The maximum Gasteiger partial charge on any atom is 0.262 e. The number of aromatic nitrogens is 1. The van der Waals surface area contributed by atoms with Crippen molar-refractivity contribution in [2.45, 2.75) is 0 Å². The van der Waals surface area contributed by atoms with Crippen molar-refractivity contribution in [3.63, 3.8) is 0 Å². The molecule has 2 aromatic rings. The summed E-state index contributed by atoms with van der Waals surface area (Å²) < 4.78 is 1.37. The molecule has 0 saturated carbocycles. The van der Waals surface area contributed by atoms with Gasteiger partial charge < -0.3 is 0 Å². The van der Waals surface area contributed by atoms with Crippen LogP contribution in [0.3, 0.4) is 0 Å². The number of nitrogens with zero attached hydrogens (tertiary/aromatic N) is 1. The van der Waals surface area contributed by atoms with Crippen LogP contribution >= 0.6 is 0 Å². The van der Waals surface area contributed by atoms with Gasteiger partial charge in [0.1, 0.15) is 0 Å². The zero-order chi connectivity index (χ0) is 10.5. The molecule has 1 aromatic heterocycles. The van der Waals surface area contributed by atoms with E-state index in [9.17, 15) is 4.79 Å². The SMILES string of the molecule is O=c1ccccn1C#Cc1ccccc1. The van der Waals surface area contributed by atoms with E-state index in [4.69, 9.17) is 0 Å². The minimum absolute atomic E-state index is 0.110. The molecule has 0 saturated heterocycles. The Kier molecular flexibility index (Phi) is 2.66. The van der Waals surface area contributed by atoms with Gasteiger partial charge in [0.05, 0.1) is 0 Å². The molecule has 0 spiro atoms. The smallest absolute Gasteiger partial charge is 0.262 e. The fraction of sp³-hybridized carbons (Fsp3) is 0. The van der Waals surface area contributed by atoms with Crippen molar-refractivity contribution in [2.75, 3.05) is 0 Å². The highest BCUT2D eigenvalue weighted by Crippen LogP contribution is 1.94. The first kappa shape index (κ1) is 9.29. The van der Waals surface area contributed by atoms with E-state index >= 15 is 0 Å². The number of pyridine rings is 1. The Morgan fingerprint density at radius 2 is 1.67 bits per heavy atom. The lowest BCUT2D eigenvalue weighted by Gasteiger charge is -1.91. The summed E-state index contributed by atoms with van der Waals surface area (Å²) in [5.74, 6) is 2.91. The first-order valence-electron chi connectivity index (χ1n) is 4.61. The molecule has 0 atom stereocenters. The molecule has 0 aliphatic rings. The van der Waals surface area contributed by atoms with Gasteiger partial charge in [-0.05, 0) is 24.1 Å².